The van der Waals surface area contributed by atoms with Crippen LogP contribution in [-0.2, 0) is 4.79 Å². The van der Waals surface area contributed by atoms with Gasteiger partial charge >= 0.3 is 0 Å². The van der Waals surface area contributed by atoms with Crippen LogP contribution in [0.4, 0.5) is 0 Å². The van der Waals surface area contributed by atoms with E-state index in [1.807, 2.05) is 0 Å². The highest BCUT2D eigenvalue weighted by Crippen LogP contribution is 2.32. The van der Waals surface area contributed by atoms with Gasteiger partial charge in [0.05, 0.1) is 13.2 Å². The number of rotatable bonds is 3. The first-order valence-corrected chi connectivity index (χ1v) is 5.83. The summed E-state index contributed by atoms with van der Waals surface area (Å²) >= 11 is 0. The van der Waals surface area contributed by atoms with Gasteiger partial charge in [-0.3, -0.25) is 10.1 Å². The van der Waals surface area contributed by atoms with Crippen molar-refractivity contribution < 1.29 is 4.79 Å². The lowest BCUT2D eigenvalue weighted by Gasteiger charge is -2.31. The second-order valence-electron chi connectivity index (χ2n) is 4.47. The molecule has 1 amide bonds. The number of amides is 1. The van der Waals surface area contributed by atoms with Gasteiger partial charge in [-0.15, -0.1) is 0 Å². The van der Waals surface area contributed by atoms with Crippen LogP contribution in [0.1, 0.15) is 39.0 Å². The Balaban J connectivity index is 2.00. The summed E-state index contributed by atoms with van der Waals surface area (Å²) in [4.78, 5) is 13.6. The van der Waals surface area contributed by atoms with Crippen LogP contribution in [0.5, 0.6) is 0 Å². The second-order valence-corrected chi connectivity index (χ2v) is 4.47. The SMILES string of the molecule is CCC(C1CCCC1)N1CNCC1=O. The van der Waals surface area contributed by atoms with Crippen molar-refractivity contribution >= 4 is 5.91 Å². The summed E-state index contributed by atoms with van der Waals surface area (Å²) in [6, 6.07) is 0.500. The normalized spacial score (nSPS) is 26.1. The monoisotopic (exact) mass is 196 g/mol. The number of hydrogen-bond donors (Lipinski definition) is 1. The van der Waals surface area contributed by atoms with E-state index in [0.29, 0.717) is 18.5 Å². The lowest BCUT2D eigenvalue weighted by atomic mass is 9.95. The quantitative estimate of drug-likeness (QED) is 0.739. The van der Waals surface area contributed by atoms with Crippen molar-refractivity contribution in [2.75, 3.05) is 13.2 Å². The third kappa shape index (κ3) is 1.78. The summed E-state index contributed by atoms with van der Waals surface area (Å²) in [6.45, 7) is 3.52. The highest BCUT2D eigenvalue weighted by atomic mass is 16.2. The zero-order valence-electron chi connectivity index (χ0n) is 8.96. The molecule has 0 aromatic heterocycles. The van der Waals surface area contributed by atoms with Gasteiger partial charge in [0.2, 0.25) is 5.91 Å². The number of nitrogens with zero attached hydrogens (tertiary/aromatic N) is 1. The molecule has 1 unspecified atom stereocenters. The standard InChI is InChI=1S/C11H20N2O/c1-2-10(9-5-3-4-6-9)13-8-12-7-11(13)14/h9-10,12H,2-8H2,1H3. The Kier molecular flexibility index (Phi) is 3.06. The van der Waals surface area contributed by atoms with Crippen molar-refractivity contribution in [2.45, 2.75) is 45.1 Å². The first-order chi connectivity index (χ1) is 6.83. The highest BCUT2D eigenvalue weighted by Gasteiger charge is 2.33. The Hall–Kier alpha value is -0.570. The van der Waals surface area contributed by atoms with Gasteiger partial charge in [0.15, 0.2) is 0 Å². The molecule has 14 heavy (non-hydrogen) atoms. The van der Waals surface area contributed by atoms with Gasteiger partial charge < -0.3 is 4.90 Å². The molecule has 2 rings (SSSR count). The molecule has 2 aliphatic rings. The minimum Gasteiger partial charge on any atom is -0.326 e. The minimum atomic E-state index is 0.295. The Morgan fingerprint density at radius 3 is 2.71 bits per heavy atom. The van der Waals surface area contributed by atoms with E-state index in [4.69, 9.17) is 0 Å². The van der Waals surface area contributed by atoms with Crippen molar-refractivity contribution in [3.63, 3.8) is 0 Å². The Morgan fingerprint density at radius 1 is 1.50 bits per heavy atom. The maximum Gasteiger partial charge on any atom is 0.237 e. The lowest BCUT2D eigenvalue weighted by Crippen LogP contribution is -2.41. The van der Waals surface area contributed by atoms with E-state index in [1.54, 1.807) is 0 Å². The molecule has 1 aliphatic carbocycles. The molecule has 1 saturated heterocycles. The van der Waals surface area contributed by atoms with Crippen LogP contribution >= 0.6 is 0 Å². The Labute approximate surface area is 85.8 Å². The molecule has 1 atom stereocenters. The molecular formula is C11H20N2O. The molecule has 1 heterocycles. The van der Waals surface area contributed by atoms with Gasteiger partial charge in [0, 0.05) is 6.04 Å². The van der Waals surface area contributed by atoms with Crippen molar-refractivity contribution in [3.8, 4) is 0 Å². The van der Waals surface area contributed by atoms with Crippen molar-refractivity contribution in [1.82, 2.24) is 10.2 Å². The lowest BCUT2D eigenvalue weighted by molar-refractivity contribution is -0.129. The summed E-state index contributed by atoms with van der Waals surface area (Å²) in [6.07, 6.45) is 6.47. The minimum absolute atomic E-state index is 0.295. The van der Waals surface area contributed by atoms with Crippen molar-refractivity contribution in [3.05, 3.63) is 0 Å². The highest BCUT2D eigenvalue weighted by molar-refractivity contribution is 5.80. The molecule has 1 saturated carbocycles. The number of nitrogens with one attached hydrogen (secondary N) is 1. The smallest absolute Gasteiger partial charge is 0.237 e. The first kappa shape index (κ1) is 9.97. The van der Waals surface area contributed by atoms with Gasteiger partial charge in [0.25, 0.3) is 0 Å². The molecule has 1 N–H and O–H groups in total. The summed E-state index contributed by atoms with van der Waals surface area (Å²) < 4.78 is 0. The molecule has 0 aromatic rings. The third-order valence-corrected chi connectivity index (χ3v) is 3.64. The zero-order chi connectivity index (χ0) is 9.97. The molecule has 3 nitrogen and oxygen atoms in total. The Morgan fingerprint density at radius 2 is 2.21 bits per heavy atom. The van der Waals surface area contributed by atoms with E-state index in [1.165, 1.54) is 25.7 Å². The summed E-state index contributed by atoms with van der Waals surface area (Å²) in [5, 5.41) is 3.14. The average molecular weight is 196 g/mol. The van der Waals surface area contributed by atoms with Crippen LogP contribution in [0.2, 0.25) is 0 Å². The van der Waals surface area contributed by atoms with Crippen molar-refractivity contribution in [1.29, 1.82) is 0 Å². The molecule has 1 aliphatic heterocycles. The van der Waals surface area contributed by atoms with Crippen LogP contribution in [0.3, 0.4) is 0 Å². The molecule has 3 heteroatoms. The zero-order valence-corrected chi connectivity index (χ0v) is 8.96. The summed E-state index contributed by atoms with van der Waals surface area (Å²) in [5.41, 5.74) is 0. The van der Waals surface area contributed by atoms with Crippen molar-refractivity contribution in [2.24, 2.45) is 5.92 Å². The van der Waals surface area contributed by atoms with E-state index in [2.05, 4.69) is 17.1 Å². The topological polar surface area (TPSA) is 32.3 Å². The molecule has 0 spiro atoms. The van der Waals surface area contributed by atoms with Gasteiger partial charge in [-0.2, -0.15) is 0 Å². The maximum atomic E-state index is 11.6. The van der Waals surface area contributed by atoms with Crippen LogP contribution in [0, 0.1) is 5.92 Å². The number of carbonyl (C=O) groups excluding carboxylic acids is 1. The van der Waals surface area contributed by atoms with Gasteiger partial charge in [-0.05, 0) is 25.2 Å². The first-order valence-electron chi connectivity index (χ1n) is 5.83. The van der Waals surface area contributed by atoms with Crippen LogP contribution < -0.4 is 5.32 Å². The van der Waals surface area contributed by atoms with E-state index in [-0.39, 0.29) is 0 Å². The van der Waals surface area contributed by atoms with Crippen LogP contribution in [0.15, 0.2) is 0 Å². The number of carbonyl (C=O) groups is 1. The van der Waals surface area contributed by atoms with E-state index in [9.17, 15) is 4.79 Å². The summed E-state index contributed by atoms with van der Waals surface area (Å²) in [7, 11) is 0. The third-order valence-electron chi connectivity index (χ3n) is 3.64. The molecule has 80 valence electrons. The van der Waals surface area contributed by atoms with Crippen LogP contribution in [-0.4, -0.2) is 30.1 Å². The fourth-order valence-corrected chi connectivity index (χ4v) is 2.93. The summed E-state index contributed by atoms with van der Waals surface area (Å²) in [5.74, 6) is 1.06. The molecule has 0 aromatic carbocycles. The molecular weight excluding hydrogens is 176 g/mol. The Bertz CT molecular complexity index is 211. The predicted octanol–water partition coefficient (Wildman–Crippen LogP) is 1.34. The predicted molar refractivity (Wildman–Crippen MR) is 55.8 cm³/mol. The van der Waals surface area contributed by atoms with E-state index < -0.39 is 0 Å². The van der Waals surface area contributed by atoms with Crippen LogP contribution in [0.25, 0.3) is 0 Å². The average Bonchev–Trinajstić information content (AvgIpc) is 2.80. The molecule has 0 radical (unpaired) electrons. The maximum absolute atomic E-state index is 11.6. The fraction of sp³-hybridized carbons (Fsp3) is 0.909. The molecule has 0 bridgehead atoms. The van der Waals surface area contributed by atoms with Gasteiger partial charge in [0.1, 0.15) is 0 Å². The van der Waals surface area contributed by atoms with E-state index in [0.717, 1.165) is 19.0 Å². The second kappa shape index (κ2) is 4.30. The largest absolute Gasteiger partial charge is 0.326 e. The number of hydrogen-bond acceptors (Lipinski definition) is 2. The molecule has 2 fully saturated rings. The van der Waals surface area contributed by atoms with Gasteiger partial charge in [-0.25, -0.2) is 0 Å². The van der Waals surface area contributed by atoms with E-state index >= 15 is 0 Å². The fourth-order valence-electron chi connectivity index (χ4n) is 2.93. The van der Waals surface area contributed by atoms with Gasteiger partial charge in [-0.1, -0.05) is 19.8 Å².